The Bertz CT molecular complexity index is 592. The molecule has 2 aromatic rings. The second kappa shape index (κ2) is 9.26. The van der Waals surface area contributed by atoms with Crippen LogP contribution in [0.15, 0.2) is 42.6 Å². The molecule has 1 heterocycles. The Labute approximate surface area is 145 Å². The topological polar surface area (TPSA) is 49.8 Å². The monoisotopic (exact) mass is 324 g/mol. The van der Waals surface area contributed by atoms with Gasteiger partial charge >= 0.3 is 0 Å². The van der Waals surface area contributed by atoms with Gasteiger partial charge in [0.15, 0.2) is 0 Å². The molecule has 1 fully saturated rings. The molecule has 1 aliphatic carbocycles. The molecule has 0 atom stereocenters. The molecule has 128 valence electrons. The Kier molecular flexibility index (Phi) is 6.46. The Hall–Kier alpha value is -2.10. The zero-order valence-corrected chi connectivity index (χ0v) is 14.4. The first-order valence-electron chi connectivity index (χ1n) is 9.27. The lowest BCUT2D eigenvalue weighted by Gasteiger charge is -2.17. The summed E-state index contributed by atoms with van der Waals surface area (Å²) in [6.07, 6.45) is 11.9. The molecule has 2 N–H and O–H groups in total. The van der Waals surface area contributed by atoms with Crippen LogP contribution < -0.4 is 10.6 Å². The molecule has 0 spiro atoms. The molecule has 4 nitrogen and oxygen atoms in total. The van der Waals surface area contributed by atoms with Crippen molar-refractivity contribution >= 4 is 11.8 Å². The van der Waals surface area contributed by atoms with Crippen molar-refractivity contribution < 1.29 is 0 Å². The molecule has 4 heteroatoms. The largest absolute Gasteiger partial charge is 0.367 e. The van der Waals surface area contributed by atoms with E-state index < -0.39 is 0 Å². The van der Waals surface area contributed by atoms with Gasteiger partial charge in [-0.25, -0.2) is 4.98 Å². The summed E-state index contributed by atoms with van der Waals surface area (Å²) in [5.74, 6) is 1.67. The van der Waals surface area contributed by atoms with E-state index in [2.05, 4.69) is 50.9 Å². The lowest BCUT2D eigenvalue weighted by atomic mass is 10.1. The van der Waals surface area contributed by atoms with Crippen LogP contribution in [0.2, 0.25) is 0 Å². The summed E-state index contributed by atoms with van der Waals surface area (Å²) in [4.78, 5) is 8.94. The summed E-state index contributed by atoms with van der Waals surface area (Å²) in [7, 11) is 0. The number of aryl methyl sites for hydroxylation is 1. The predicted octanol–water partition coefficient (Wildman–Crippen LogP) is 4.66. The van der Waals surface area contributed by atoms with Crippen LogP contribution in [0.1, 0.15) is 50.5 Å². The molecule has 0 bridgehead atoms. The van der Waals surface area contributed by atoms with Crippen molar-refractivity contribution in [2.75, 3.05) is 17.2 Å². The quantitative estimate of drug-likeness (QED) is 0.574. The van der Waals surface area contributed by atoms with E-state index in [4.69, 9.17) is 0 Å². The fourth-order valence-corrected chi connectivity index (χ4v) is 3.29. The smallest absolute Gasteiger partial charge is 0.224 e. The molecule has 0 radical (unpaired) electrons. The predicted molar refractivity (Wildman–Crippen MR) is 100 cm³/mol. The van der Waals surface area contributed by atoms with E-state index in [0.717, 1.165) is 31.2 Å². The van der Waals surface area contributed by atoms with Gasteiger partial charge in [0.05, 0.1) is 0 Å². The lowest BCUT2D eigenvalue weighted by Crippen LogP contribution is -2.19. The van der Waals surface area contributed by atoms with Gasteiger partial charge in [0.1, 0.15) is 5.82 Å². The number of nitrogens with zero attached hydrogens (tertiary/aromatic N) is 2. The van der Waals surface area contributed by atoms with E-state index in [9.17, 15) is 0 Å². The van der Waals surface area contributed by atoms with Crippen LogP contribution in [-0.4, -0.2) is 22.6 Å². The van der Waals surface area contributed by atoms with Gasteiger partial charge in [-0.05, 0) is 37.3 Å². The van der Waals surface area contributed by atoms with Crippen molar-refractivity contribution in [3.8, 4) is 0 Å². The highest BCUT2D eigenvalue weighted by Gasteiger charge is 2.12. The molecule has 24 heavy (non-hydrogen) atoms. The number of nitrogens with one attached hydrogen (secondary N) is 2. The summed E-state index contributed by atoms with van der Waals surface area (Å²) in [5, 5.41) is 6.93. The van der Waals surface area contributed by atoms with Crippen LogP contribution in [-0.2, 0) is 6.42 Å². The van der Waals surface area contributed by atoms with Crippen molar-refractivity contribution in [3.63, 3.8) is 0 Å². The van der Waals surface area contributed by atoms with Crippen molar-refractivity contribution in [1.29, 1.82) is 0 Å². The zero-order chi connectivity index (χ0) is 16.5. The second-order valence-corrected chi connectivity index (χ2v) is 6.61. The lowest BCUT2D eigenvalue weighted by molar-refractivity contribution is 0.617. The van der Waals surface area contributed by atoms with E-state index in [-0.39, 0.29) is 0 Å². The molecule has 0 amide bonds. The Balaban J connectivity index is 1.44. The zero-order valence-electron chi connectivity index (χ0n) is 14.4. The van der Waals surface area contributed by atoms with E-state index >= 15 is 0 Å². The molecule has 0 aliphatic heterocycles. The van der Waals surface area contributed by atoms with Crippen LogP contribution in [0.3, 0.4) is 0 Å². The second-order valence-electron chi connectivity index (χ2n) is 6.61. The van der Waals surface area contributed by atoms with Gasteiger partial charge in [0.25, 0.3) is 0 Å². The van der Waals surface area contributed by atoms with Crippen LogP contribution >= 0.6 is 0 Å². The number of rotatable bonds is 7. The normalized spacial score (nSPS) is 15.7. The highest BCUT2D eigenvalue weighted by atomic mass is 15.1. The third kappa shape index (κ3) is 5.52. The van der Waals surface area contributed by atoms with E-state index in [1.54, 1.807) is 0 Å². The fraction of sp³-hybridized carbons (Fsp3) is 0.500. The van der Waals surface area contributed by atoms with Gasteiger partial charge in [-0.3, -0.25) is 0 Å². The number of anilines is 2. The Morgan fingerprint density at radius 3 is 2.54 bits per heavy atom. The minimum absolute atomic E-state index is 0.563. The van der Waals surface area contributed by atoms with Gasteiger partial charge in [0, 0.05) is 18.8 Å². The molecule has 1 aromatic carbocycles. The minimum atomic E-state index is 0.563. The number of hydrogen-bond donors (Lipinski definition) is 2. The van der Waals surface area contributed by atoms with Crippen molar-refractivity contribution in [2.45, 2.75) is 57.4 Å². The first kappa shape index (κ1) is 16.7. The van der Waals surface area contributed by atoms with Crippen LogP contribution in [0.25, 0.3) is 0 Å². The molecule has 0 saturated heterocycles. The van der Waals surface area contributed by atoms with Crippen LogP contribution in [0, 0.1) is 0 Å². The third-order valence-corrected chi connectivity index (χ3v) is 4.63. The summed E-state index contributed by atoms with van der Waals surface area (Å²) in [5.41, 5.74) is 1.38. The van der Waals surface area contributed by atoms with Crippen LogP contribution in [0.4, 0.5) is 11.8 Å². The number of benzene rings is 1. The first-order valence-corrected chi connectivity index (χ1v) is 9.27. The maximum absolute atomic E-state index is 4.61. The summed E-state index contributed by atoms with van der Waals surface area (Å²) < 4.78 is 0. The Morgan fingerprint density at radius 1 is 0.958 bits per heavy atom. The molecule has 1 aliphatic rings. The average Bonchev–Trinajstić information content (AvgIpc) is 2.89. The molecule has 1 saturated carbocycles. The van der Waals surface area contributed by atoms with Gasteiger partial charge < -0.3 is 10.6 Å². The van der Waals surface area contributed by atoms with Crippen molar-refractivity contribution in [1.82, 2.24) is 9.97 Å². The number of hydrogen-bond acceptors (Lipinski definition) is 4. The molecule has 3 rings (SSSR count). The van der Waals surface area contributed by atoms with Crippen molar-refractivity contribution in [2.24, 2.45) is 0 Å². The number of aromatic nitrogens is 2. The summed E-state index contributed by atoms with van der Waals surface area (Å²) >= 11 is 0. The molecule has 1 aromatic heterocycles. The van der Waals surface area contributed by atoms with Gasteiger partial charge in [0.2, 0.25) is 5.95 Å². The molecular weight excluding hydrogens is 296 g/mol. The van der Waals surface area contributed by atoms with E-state index in [0.29, 0.717) is 6.04 Å². The summed E-state index contributed by atoms with van der Waals surface area (Å²) in [6.45, 7) is 0.891. The average molecular weight is 324 g/mol. The van der Waals surface area contributed by atoms with Crippen LogP contribution in [0.5, 0.6) is 0 Å². The standard InChI is InChI=1S/C20H28N4/c1-2-7-13-18(12-6-1)23-19-14-16-22-20(24-19)21-15-8-11-17-9-4-3-5-10-17/h3-5,9-10,14,16,18H,1-2,6-8,11-13,15H2,(H2,21,22,23,24). The summed E-state index contributed by atoms with van der Waals surface area (Å²) in [6, 6.07) is 13.1. The minimum Gasteiger partial charge on any atom is -0.367 e. The molecule has 0 unspecified atom stereocenters. The molecular formula is C20H28N4. The highest BCUT2D eigenvalue weighted by molar-refractivity contribution is 5.40. The van der Waals surface area contributed by atoms with Crippen molar-refractivity contribution in [3.05, 3.63) is 48.2 Å². The van der Waals surface area contributed by atoms with E-state index in [1.807, 2.05) is 12.3 Å². The SMILES string of the molecule is c1ccc(CCCNc2nccc(NC3CCCCCC3)n2)cc1. The third-order valence-electron chi connectivity index (χ3n) is 4.63. The van der Waals surface area contributed by atoms with Gasteiger partial charge in [-0.15, -0.1) is 0 Å². The van der Waals surface area contributed by atoms with Gasteiger partial charge in [-0.2, -0.15) is 4.98 Å². The van der Waals surface area contributed by atoms with E-state index in [1.165, 1.54) is 44.1 Å². The fourth-order valence-electron chi connectivity index (χ4n) is 3.29. The Morgan fingerprint density at radius 2 is 1.75 bits per heavy atom. The maximum atomic E-state index is 4.61. The first-order chi connectivity index (χ1) is 11.9. The maximum Gasteiger partial charge on any atom is 0.224 e. The highest BCUT2D eigenvalue weighted by Crippen LogP contribution is 2.20. The van der Waals surface area contributed by atoms with Gasteiger partial charge in [-0.1, -0.05) is 56.0 Å².